The number of nitrogens with zero attached hydrogens (tertiary/aromatic N) is 2. The summed E-state index contributed by atoms with van der Waals surface area (Å²) in [6, 6.07) is 11.5. The third kappa shape index (κ3) is 5.23. The fourth-order valence-electron chi connectivity index (χ4n) is 2.87. The molecule has 3 aromatic rings. The number of halogens is 3. The van der Waals surface area contributed by atoms with E-state index in [9.17, 15) is 27.6 Å². The molecule has 1 aromatic heterocycles. The van der Waals surface area contributed by atoms with Crippen LogP contribution in [0.15, 0.2) is 58.2 Å². The zero-order valence-corrected chi connectivity index (χ0v) is 17.0. The molecule has 31 heavy (non-hydrogen) atoms. The molecule has 0 radical (unpaired) electrons. The van der Waals surface area contributed by atoms with Crippen molar-refractivity contribution in [3.05, 3.63) is 70.1 Å². The summed E-state index contributed by atoms with van der Waals surface area (Å²) >= 11 is -0.427. The van der Waals surface area contributed by atoms with Crippen molar-refractivity contribution in [2.45, 2.75) is 30.3 Å². The van der Waals surface area contributed by atoms with Gasteiger partial charge >= 0.3 is 5.51 Å². The molecule has 11 heteroatoms. The lowest BCUT2D eigenvalue weighted by Gasteiger charge is -2.13. The lowest BCUT2D eigenvalue weighted by Crippen LogP contribution is -2.43. The Morgan fingerprint density at radius 2 is 1.61 bits per heavy atom. The Labute approximate surface area is 178 Å². The van der Waals surface area contributed by atoms with Gasteiger partial charge in [0, 0.05) is 16.8 Å². The number of carbonyl (C=O) groups is 2. The molecule has 0 saturated heterocycles. The van der Waals surface area contributed by atoms with E-state index < -0.39 is 29.1 Å². The molecule has 0 atom stereocenters. The Hall–Kier alpha value is -3.34. The molecule has 2 amide bonds. The maximum atomic E-state index is 12.7. The van der Waals surface area contributed by atoms with Crippen LogP contribution in [0.25, 0.3) is 10.8 Å². The van der Waals surface area contributed by atoms with E-state index in [0.717, 1.165) is 10.7 Å². The number of nitrogens with one attached hydrogen (secondary N) is 2. The minimum atomic E-state index is -4.57. The summed E-state index contributed by atoms with van der Waals surface area (Å²) in [6.07, 6.45) is 0.608. The second-order valence-corrected chi connectivity index (χ2v) is 7.48. The summed E-state index contributed by atoms with van der Waals surface area (Å²) < 4.78 is 39.3. The van der Waals surface area contributed by atoms with E-state index in [0.29, 0.717) is 18.4 Å². The highest BCUT2D eigenvalue weighted by Crippen LogP contribution is 2.38. The molecule has 0 spiro atoms. The van der Waals surface area contributed by atoms with Gasteiger partial charge < -0.3 is 0 Å². The number of amides is 2. The van der Waals surface area contributed by atoms with Gasteiger partial charge in [-0.3, -0.25) is 25.2 Å². The smallest absolute Gasteiger partial charge is 0.267 e. The number of thioether (sulfide) groups is 1. The van der Waals surface area contributed by atoms with Crippen LogP contribution in [-0.2, 0) is 6.54 Å². The Morgan fingerprint density at radius 1 is 1.00 bits per heavy atom. The Balaban J connectivity index is 1.85. The molecule has 2 N–H and O–H groups in total. The van der Waals surface area contributed by atoms with Crippen LogP contribution >= 0.6 is 11.8 Å². The van der Waals surface area contributed by atoms with Gasteiger partial charge in [0.25, 0.3) is 17.4 Å². The number of carbonyl (C=O) groups excluding carboxylic acids is 2. The number of hydrazine groups is 1. The maximum Gasteiger partial charge on any atom is 0.446 e. The predicted octanol–water partition coefficient (Wildman–Crippen LogP) is 3.49. The highest BCUT2D eigenvalue weighted by Gasteiger charge is 2.31. The first kappa shape index (κ1) is 22.3. The first-order valence-electron chi connectivity index (χ1n) is 9.16. The monoisotopic (exact) mass is 450 g/mol. The summed E-state index contributed by atoms with van der Waals surface area (Å²) in [5.41, 5.74) is -1.00. The van der Waals surface area contributed by atoms with E-state index in [1.165, 1.54) is 18.2 Å². The summed E-state index contributed by atoms with van der Waals surface area (Å²) in [5.74, 6) is -1.73. The molecule has 0 fully saturated rings. The average molecular weight is 450 g/mol. The average Bonchev–Trinajstić information content (AvgIpc) is 2.73. The minimum absolute atomic E-state index is 0.0955. The number of aryl methyl sites for hydroxylation is 1. The van der Waals surface area contributed by atoms with Crippen molar-refractivity contribution < 1.29 is 22.8 Å². The second kappa shape index (κ2) is 9.21. The van der Waals surface area contributed by atoms with Crippen molar-refractivity contribution in [3.8, 4) is 0 Å². The molecule has 0 aliphatic rings. The number of hydrogen-bond acceptors (Lipinski definition) is 5. The molecule has 0 bridgehead atoms. The summed E-state index contributed by atoms with van der Waals surface area (Å²) in [5, 5.41) is 4.67. The lowest BCUT2D eigenvalue weighted by molar-refractivity contribution is -0.0328. The van der Waals surface area contributed by atoms with Gasteiger partial charge in [0.15, 0.2) is 5.69 Å². The first-order chi connectivity index (χ1) is 14.7. The Kier molecular flexibility index (Phi) is 6.64. The van der Waals surface area contributed by atoms with Gasteiger partial charge in [-0.05, 0) is 36.4 Å². The fourth-order valence-corrected chi connectivity index (χ4v) is 3.54. The van der Waals surface area contributed by atoms with Crippen LogP contribution in [0.4, 0.5) is 13.2 Å². The van der Waals surface area contributed by atoms with Gasteiger partial charge in [0.1, 0.15) is 0 Å². The zero-order chi connectivity index (χ0) is 22.6. The SMILES string of the molecule is CCCn1nc(C(=O)NNC(=O)c2ccccc2SC(F)(F)F)c2ccccc2c1=O. The highest BCUT2D eigenvalue weighted by atomic mass is 32.2. The Morgan fingerprint density at radius 3 is 2.29 bits per heavy atom. The summed E-state index contributed by atoms with van der Waals surface area (Å²) in [7, 11) is 0. The van der Waals surface area contributed by atoms with Crippen molar-refractivity contribution in [1.82, 2.24) is 20.6 Å². The van der Waals surface area contributed by atoms with Gasteiger partial charge in [-0.1, -0.05) is 37.3 Å². The molecule has 162 valence electrons. The molecule has 0 unspecified atom stereocenters. The molecular formula is C20H17F3N4O3S. The molecule has 0 saturated carbocycles. The standard InChI is InChI=1S/C20H17F3N4O3S/c1-2-11-27-19(30)13-8-4-3-7-12(13)16(26-27)18(29)25-24-17(28)14-9-5-6-10-15(14)31-20(21,22)23/h3-10H,2,11H2,1H3,(H,24,28)(H,25,29). The molecule has 0 aliphatic carbocycles. The number of fused-ring (bicyclic) bond motifs is 1. The lowest BCUT2D eigenvalue weighted by atomic mass is 10.1. The molecule has 0 aliphatic heterocycles. The predicted molar refractivity (Wildman–Crippen MR) is 110 cm³/mol. The summed E-state index contributed by atoms with van der Waals surface area (Å²) in [6.45, 7) is 2.14. The van der Waals surface area contributed by atoms with Crippen LogP contribution in [0.5, 0.6) is 0 Å². The molecule has 2 aromatic carbocycles. The quantitative estimate of drug-likeness (QED) is 0.459. The summed E-state index contributed by atoms with van der Waals surface area (Å²) in [4.78, 5) is 37.3. The van der Waals surface area contributed by atoms with E-state index in [-0.39, 0.29) is 27.1 Å². The van der Waals surface area contributed by atoms with Crippen LogP contribution in [-0.4, -0.2) is 27.1 Å². The van der Waals surface area contributed by atoms with Gasteiger partial charge in [-0.25, -0.2) is 4.68 Å². The van der Waals surface area contributed by atoms with Crippen molar-refractivity contribution in [1.29, 1.82) is 0 Å². The van der Waals surface area contributed by atoms with Gasteiger partial charge in [-0.15, -0.1) is 0 Å². The van der Waals surface area contributed by atoms with E-state index in [1.807, 2.05) is 6.92 Å². The normalized spacial score (nSPS) is 11.4. The molecule has 3 rings (SSSR count). The topological polar surface area (TPSA) is 93.1 Å². The molecule has 1 heterocycles. The highest BCUT2D eigenvalue weighted by molar-refractivity contribution is 8.00. The maximum absolute atomic E-state index is 12.7. The van der Waals surface area contributed by atoms with Crippen LogP contribution in [0.1, 0.15) is 34.2 Å². The number of aromatic nitrogens is 2. The minimum Gasteiger partial charge on any atom is -0.267 e. The van der Waals surface area contributed by atoms with Crippen molar-refractivity contribution >= 4 is 34.3 Å². The third-order valence-electron chi connectivity index (χ3n) is 4.17. The van der Waals surface area contributed by atoms with Crippen LogP contribution in [0.3, 0.4) is 0 Å². The van der Waals surface area contributed by atoms with E-state index in [2.05, 4.69) is 16.0 Å². The van der Waals surface area contributed by atoms with Crippen LogP contribution < -0.4 is 16.4 Å². The second-order valence-electron chi connectivity index (χ2n) is 6.37. The number of hydrogen-bond donors (Lipinski definition) is 2. The van der Waals surface area contributed by atoms with E-state index >= 15 is 0 Å². The third-order valence-corrected chi connectivity index (χ3v) is 4.97. The first-order valence-corrected chi connectivity index (χ1v) is 9.98. The Bertz CT molecular complexity index is 1190. The van der Waals surface area contributed by atoms with Crippen molar-refractivity contribution in [3.63, 3.8) is 0 Å². The zero-order valence-electron chi connectivity index (χ0n) is 16.2. The van der Waals surface area contributed by atoms with Gasteiger partial charge in [0.05, 0.1) is 10.9 Å². The van der Waals surface area contributed by atoms with E-state index in [4.69, 9.17) is 0 Å². The number of benzene rings is 2. The van der Waals surface area contributed by atoms with Crippen molar-refractivity contribution in [2.24, 2.45) is 0 Å². The molecule has 7 nitrogen and oxygen atoms in total. The van der Waals surface area contributed by atoms with Gasteiger partial charge in [-0.2, -0.15) is 18.3 Å². The fraction of sp³-hybridized carbons (Fsp3) is 0.200. The number of alkyl halides is 3. The van der Waals surface area contributed by atoms with Crippen LogP contribution in [0, 0.1) is 0 Å². The van der Waals surface area contributed by atoms with Crippen LogP contribution in [0.2, 0.25) is 0 Å². The largest absolute Gasteiger partial charge is 0.446 e. The van der Waals surface area contributed by atoms with Crippen molar-refractivity contribution in [2.75, 3.05) is 0 Å². The number of rotatable bonds is 5. The molecular weight excluding hydrogens is 433 g/mol. The van der Waals surface area contributed by atoms with E-state index in [1.54, 1.807) is 24.3 Å². The van der Waals surface area contributed by atoms with Gasteiger partial charge in [0.2, 0.25) is 0 Å².